The molecule has 22 heavy (non-hydrogen) atoms. The molecule has 0 aliphatic carbocycles. The first kappa shape index (κ1) is 13.5. The van der Waals surface area contributed by atoms with E-state index in [2.05, 4.69) is 19.7 Å². The zero-order valence-corrected chi connectivity index (χ0v) is 13.2. The van der Waals surface area contributed by atoms with E-state index in [1.165, 1.54) is 0 Å². The van der Waals surface area contributed by atoms with Gasteiger partial charge in [-0.2, -0.15) is 4.98 Å². The quantitative estimate of drug-likeness (QED) is 0.730. The van der Waals surface area contributed by atoms with E-state index in [0.717, 1.165) is 16.4 Å². The number of carbonyl (C=O) groups excluding carboxylic acids is 1. The Kier molecular flexibility index (Phi) is 3.23. The van der Waals surface area contributed by atoms with Crippen LogP contribution in [0.15, 0.2) is 22.0 Å². The van der Waals surface area contributed by atoms with Crippen LogP contribution in [-0.2, 0) is 0 Å². The second-order valence-electron chi connectivity index (χ2n) is 5.03. The summed E-state index contributed by atoms with van der Waals surface area (Å²) in [6.07, 6.45) is 0. The third-order valence-corrected chi connectivity index (χ3v) is 5.23. The number of rotatable bonds is 3. The molecular formula is C13H11N5O2S2. The number of thiophene rings is 1. The second-order valence-corrected chi connectivity index (χ2v) is 6.73. The minimum atomic E-state index is -0.0262. The van der Waals surface area contributed by atoms with Crippen molar-refractivity contribution in [1.29, 1.82) is 0 Å². The van der Waals surface area contributed by atoms with Crippen molar-refractivity contribution in [3.63, 3.8) is 0 Å². The minimum absolute atomic E-state index is 0.0262. The predicted octanol–water partition coefficient (Wildman–Crippen LogP) is 2.20. The van der Waals surface area contributed by atoms with E-state index in [1.54, 1.807) is 23.2 Å². The summed E-state index contributed by atoms with van der Waals surface area (Å²) < 4.78 is 9.12. The van der Waals surface area contributed by atoms with Gasteiger partial charge in [-0.25, -0.2) is 0 Å². The summed E-state index contributed by atoms with van der Waals surface area (Å²) in [6, 6.07) is 3.90. The molecule has 0 atom stereocenters. The molecule has 4 rings (SSSR count). The van der Waals surface area contributed by atoms with Crippen molar-refractivity contribution in [2.75, 3.05) is 13.1 Å². The molecule has 0 aromatic carbocycles. The van der Waals surface area contributed by atoms with Gasteiger partial charge in [-0.1, -0.05) is 15.7 Å². The predicted molar refractivity (Wildman–Crippen MR) is 80.9 cm³/mol. The molecule has 1 aliphatic rings. The summed E-state index contributed by atoms with van der Waals surface area (Å²) in [4.78, 5) is 20.0. The van der Waals surface area contributed by atoms with Crippen molar-refractivity contribution < 1.29 is 9.32 Å². The second kappa shape index (κ2) is 5.25. The first-order valence-electron chi connectivity index (χ1n) is 6.68. The average molecular weight is 333 g/mol. The fourth-order valence-corrected chi connectivity index (χ4v) is 3.55. The molecule has 0 saturated carbocycles. The van der Waals surface area contributed by atoms with Crippen molar-refractivity contribution in [1.82, 2.24) is 24.6 Å². The maximum atomic E-state index is 12.3. The van der Waals surface area contributed by atoms with Gasteiger partial charge in [0.25, 0.3) is 5.91 Å². The lowest BCUT2D eigenvalue weighted by atomic mass is 10.00. The lowest BCUT2D eigenvalue weighted by molar-refractivity contribution is 0.0573. The molecule has 1 fully saturated rings. The molecule has 0 spiro atoms. The highest BCUT2D eigenvalue weighted by Crippen LogP contribution is 2.30. The van der Waals surface area contributed by atoms with Crippen LogP contribution in [0.5, 0.6) is 0 Å². The first-order chi connectivity index (χ1) is 10.7. The molecule has 7 nitrogen and oxygen atoms in total. The Morgan fingerprint density at radius 1 is 1.45 bits per heavy atom. The van der Waals surface area contributed by atoms with Crippen molar-refractivity contribution in [2.24, 2.45) is 0 Å². The van der Waals surface area contributed by atoms with Gasteiger partial charge in [0.2, 0.25) is 11.7 Å². The summed E-state index contributed by atoms with van der Waals surface area (Å²) in [6.45, 7) is 2.96. The van der Waals surface area contributed by atoms with Crippen LogP contribution in [0.1, 0.15) is 27.2 Å². The van der Waals surface area contributed by atoms with Gasteiger partial charge in [0.15, 0.2) is 0 Å². The molecule has 1 saturated heterocycles. The molecule has 4 heterocycles. The number of hydrogen-bond acceptors (Lipinski definition) is 8. The fraction of sp³-hybridized carbons (Fsp3) is 0.308. The van der Waals surface area contributed by atoms with Gasteiger partial charge >= 0.3 is 0 Å². The molecule has 112 valence electrons. The number of carbonyl (C=O) groups is 1. The Labute approximate surface area is 133 Å². The van der Waals surface area contributed by atoms with Gasteiger partial charge in [0, 0.05) is 13.1 Å². The smallest absolute Gasteiger partial charge is 0.267 e. The maximum absolute atomic E-state index is 12.3. The fourth-order valence-electron chi connectivity index (χ4n) is 2.28. The number of likely N-dealkylation sites (tertiary alicyclic amines) is 1. The molecule has 9 heteroatoms. The Bertz CT molecular complexity index is 804. The van der Waals surface area contributed by atoms with Gasteiger partial charge in [0.05, 0.1) is 16.5 Å². The summed E-state index contributed by atoms with van der Waals surface area (Å²) in [5, 5.41) is 9.84. The molecule has 3 aromatic heterocycles. The number of aryl methyl sites for hydroxylation is 1. The van der Waals surface area contributed by atoms with E-state index in [9.17, 15) is 4.79 Å². The van der Waals surface area contributed by atoms with Gasteiger partial charge in [-0.3, -0.25) is 4.79 Å². The van der Waals surface area contributed by atoms with Crippen molar-refractivity contribution in [2.45, 2.75) is 12.8 Å². The SMILES string of the molecule is Cc1nnsc1C(=O)N1CC(c2nc(-c3cccs3)no2)C1. The molecule has 1 amide bonds. The molecule has 0 radical (unpaired) electrons. The van der Waals surface area contributed by atoms with Crippen LogP contribution in [0.4, 0.5) is 0 Å². The lowest BCUT2D eigenvalue weighted by Gasteiger charge is -2.36. The third kappa shape index (κ3) is 2.22. The van der Waals surface area contributed by atoms with Crippen molar-refractivity contribution >= 4 is 28.8 Å². The first-order valence-corrected chi connectivity index (χ1v) is 8.33. The van der Waals surface area contributed by atoms with E-state index in [0.29, 0.717) is 35.4 Å². The maximum Gasteiger partial charge on any atom is 0.267 e. The monoisotopic (exact) mass is 333 g/mol. The minimum Gasteiger partial charge on any atom is -0.339 e. The number of hydrogen-bond donors (Lipinski definition) is 0. The highest BCUT2D eigenvalue weighted by Gasteiger charge is 2.37. The largest absolute Gasteiger partial charge is 0.339 e. The van der Waals surface area contributed by atoms with E-state index in [-0.39, 0.29) is 11.8 Å². The number of aromatic nitrogens is 4. The van der Waals surface area contributed by atoms with E-state index in [1.807, 2.05) is 17.5 Å². The van der Waals surface area contributed by atoms with Crippen LogP contribution in [0.3, 0.4) is 0 Å². The van der Waals surface area contributed by atoms with Crippen LogP contribution in [0, 0.1) is 6.92 Å². The Hall–Kier alpha value is -2.13. The molecule has 1 aliphatic heterocycles. The molecular weight excluding hydrogens is 322 g/mol. The number of nitrogens with zero attached hydrogens (tertiary/aromatic N) is 5. The zero-order valence-electron chi connectivity index (χ0n) is 11.6. The Morgan fingerprint density at radius 2 is 2.32 bits per heavy atom. The van der Waals surface area contributed by atoms with Gasteiger partial charge in [0.1, 0.15) is 4.88 Å². The van der Waals surface area contributed by atoms with Crippen molar-refractivity contribution in [3.8, 4) is 10.7 Å². The standard InChI is InChI=1S/C13H11N5O2S2/c1-7-10(22-17-15-7)13(19)18-5-8(6-18)12-14-11(16-20-12)9-3-2-4-21-9/h2-4,8H,5-6H2,1H3. The van der Waals surface area contributed by atoms with Crippen LogP contribution >= 0.6 is 22.9 Å². The summed E-state index contributed by atoms with van der Waals surface area (Å²) >= 11 is 2.70. The van der Waals surface area contributed by atoms with E-state index >= 15 is 0 Å². The van der Waals surface area contributed by atoms with Crippen LogP contribution in [-0.4, -0.2) is 43.6 Å². The highest BCUT2D eigenvalue weighted by atomic mass is 32.1. The summed E-state index contributed by atoms with van der Waals surface area (Å²) in [5.74, 6) is 1.27. The average Bonchev–Trinajstić information content (AvgIpc) is 3.17. The van der Waals surface area contributed by atoms with Crippen LogP contribution in [0.2, 0.25) is 0 Å². The normalized spacial score (nSPS) is 15.0. The van der Waals surface area contributed by atoms with Gasteiger partial charge in [-0.05, 0) is 29.9 Å². The van der Waals surface area contributed by atoms with Gasteiger partial charge in [-0.15, -0.1) is 16.4 Å². The van der Waals surface area contributed by atoms with Crippen molar-refractivity contribution in [3.05, 3.63) is 34.0 Å². The highest BCUT2D eigenvalue weighted by molar-refractivity contribution is 7.13. The summed E-state index contributed by atoms with van der Waals surface area (Å²) in [5.41, 5.74) is 0.677. The molecule has 0 N–H and O–H groups in total. The molecule has 0 bridgehead atoms. The lowest BCUT2D eigenvalue weighted by Crippen LogP contribution is -2.48. The van der Waals surface area contributed by atoms with Crippen LogP contribution < -0.4 is 0 Å². The Morgan fingerprint density at radius 3 is 3.00 bits per heavy atom. The topological polar surface area (TPSA) is 85.0 Å². The number of amides is 1. The molecule has 0 unspecified atom stereocenters. The van der Waals surface area contributed by atoms with Gasteiger partial charge < -0.3 is 9.42 Å². The zero-order chi connectivity index (χ0) is 15.1. The summed E-state index contributed by atoms with van der Waals surface area (Å²) in [7, 11) is 0. The van der Waals surface area contributed by atoms with Crippen LogP contribution in [0.25, 0.3) is 10.7 Å². The third-order valence-electron chi connectivity index (χ3n) is 3.55. The van der Waals surface area contributed by atoms with E-state index < -0.39 is 0 Å². The molecule has 3 aromatic rings. The Balaban J connectivity index is 1.43. The van der Waals surface area contributed by atoms with E-state index in [4.69, 9.17) is 4.52 Å².